The number of aryl methyl sites for hydroxylation is 1. The monoisotopic (exact) mass is 392 g/mol. The molecule has 0 radical (unpaired) electrons. The van der Waals surface area contributed by atoms with Gasteiger partial charge in [-0.1, -0.05) is 30.3 Å². The summed E-state index contributed by atoms with van der Waals surface area (Å²) in [6.45, 7) is 1.80. The van der Waals surface area contributed by atoms with Crippen molar-refractivity contribution in [1.82, 2.24) is 20.2 Å². The summed E-state index contributed by atoms with van der Waals surface area (Å²) in [5.74, 6) is 0.645. The van der Waals surface area contributed by atoms with Gasteiger partial charge in [-0.3, -0.25) is 4.98 Å². The van der Waals surface area contributed by atoms with Gasteiger partial charge in [-0.05, 0) is 31.2 Å². The van der Waals surface area contributed by atoms with Crippen LogP contribution in [0.2, 0.25) is 0 Å². The molecule has 0 aliphatic rings. The summed E-state index contributed by atoms with van der Waals surface area (Å²) in [6.07, 6.45) is 2.76. The molecule has 2 aromatic heterocycles. The lowest BCUT2D eigenvalue weighted by molar-refractivity contribution is 0.581. The van der Waals surface area contributed by atoms with Gasteiger partial charge in [0.05, 0.1) is 22.5 Å². The van der Waals surface area contributed by atoms with Crippen LogP contribution in [0.5, 0.6) is 0 Å². The quantitative estimate of drug-likeness (QED) is 0.523. The highest BCUT2D eigenvalue weighted by Gasteiger charge is 2.16. The zero-order chi connectivity index (χ0) is 19.7. The summed E-state index contributed by atoms with van der Waals surface area (Å²) in [5, 5.41) is 8.19. The summed E-state index contributed by atoms with van der Waals surface area (Å²) in [6, 6.07) is 16.0. The van der Waals surface area contributed by atoms with Gasteiger partial charge in [-0.2, -0.15) is 0 Å². The standard InChI is InChI=1S/C20H16N4O3S/c1-13-18(20-24-23-19(27-20)14-7-4-3-5-8-14)22-17(12-21-13)15-9-6-10-16(11-15)28(2,25)26/h3-12H,1-2H3. The second kappa shape index (κ2) is 6.97. The second-order valence-electron chi connectivity index (χ2n) is 6.27. The Labute approximate surface area is 162 Å². The first-order valence-corrected chi connectivity index (χ1v) is 10.3. The molecule has 2 aromatic carbocycles. The fraction of sp³-hybridized carbons (Fsp3) is 0.100. The summed E-state index contributed by atoms with van der Waals surface area (Å²) in [7, 11) is -3.32. The van der Waals surface area contributed by atoms with Crippen LogP contribution in [-0.2, 0) is 9.84 Å². The van der Waals surface area contributed by atoms with Crippen molar-refractivity contribution < 1.29 is 12.8 Å². The van der Waals surface area contributed by atoms with Crippen LogP contribution in [0.25, 0.3) is 34.3 Å². The average Bonchev–Trinajstić information content (AvgIpc) is 3.18. The highest BCUT2D eigenvalue weighted by Crippen LogP contribution is 2.27. The van der Waals surface area contributed by atoms with Crippen molar-refractivity contribution in [1.29, 1.82) is 0 Å². The van der Waals surface area contributed by atoms with Crippen molar-refractivity contribution in [3.8, 4) is 34.3 Å². The molecule has 0 saturated carbocycles. The number of benzene rings is 2. The smallest absolute Gasteiger partial charge is 0.268 e. The van der Waals surface area contributed by atoms with Crippen LogP contribution in [0, 0.1) is 6.92 Å². The number of hydrogen-bond donors (Lipinski definition) is 0. The van der Waals surface area contributed by atoms with Crippen LogP contribution in [-0.4, -0.2) is 34.8 Å². The van der Waals surface area contributed by atoms with Crippen molar-refractivity contribution >= 4 is 9.84 Å². The van der Waals surface area contributed by atoms with E-state index >= 15 is 0 Å². The van der Waals surface area contributed by atoms with Gasteiger partial charge >= 0.3 is 0 Å². The number of nitrogens with zero attached hydrogens (tertiary/aromatic N) is 4. The zero-order valence-electron chi connectivity index (χ0n) is 15.2. The van der Waals surface area contributed by atoms with E-state index in [1.165, 1.54) is 6.26 Å². The van der Waals surface area contributed by atoms with Crippen LogP contribution in [0.3, 0.4) is 0 Å². The minimum atomic E-state index is -3.32. The van der Waals surface area contributed by atoms with Crippen LogP contribution in [0.15, 0.2) is 70.1 Å². The van der Waals surface area contributed by atoms with Crippen LogP contribution in [0.4, 0.5) is 0 Å². The van der Waals surface area contributed by atoms with Crippen LogP contribution < -0.4 is 0 Å². The van der Waals surface area contributed by atoms with Crippen molar-refractivity contribution in [3.05, 3.63) is 66.5 Å². The van der Waals surface area contributed by atoms with E-state index in [1.54, 1.807) is 37.4 Å². The average molecular weight is 392 g/mol. The maximum atomic E-state index is 11.8. The molecule has 0 saturated heterocycles. The van der Waals surface area contributed by atoms with Gasteiger partial charge in [-0.25, -0.2) is 13.4 Å². The Morgan fingerprint density at radius 3 is 2.36 bits per heavy atom. The number of hydrogen-bond acceptors (Lipinski definition) is 7. The second-order valence-corrected chi connectivity index (χ2v) is 8.28. The first-order chi connectivity index (χ1) is 13.4. The minimum Gasteiger partial charge on any atom is -0.415 e. The molecule has 0 fully saturated rings. The zero-order valence-corrected chi connectivity index (χ0v) is 16.0. The molecular formula is C20H16N4O3S. The van der Waals surface area contributed by atoms with Gasteiger partial charge in [0.1, 0.15) is 5.69 Å². The molecule has 0 bridgehead atoms. The van der Waals surface area contributed by atoms with Gasteiger partial charge in [0.15, 0.2) is 9.84 Å². The molecule has 4 rings (SSSR count). The predicted octanol–water partition coefficient (Wildman–Crippen LogP) is 3.57. The predicted molar refractivity (Wildman–Crippen MR) is 104 cm³/mol. The van der Waals surface area contributed by atoms with E-state index in [2.05, 4.69) is 20.2 Å². The highest BCUT2D eigenvalue weighted by atomic mass is 32.2. The molecule has 7 nitrogen and oxygen atoms in total. The highest BCUT2D eigenvalue weighted by molar-refractivity contribution is 7.90. The SMILES string of the molecule is Cc1ncc(-c2cccc(S(C)(=O)=O)c2)nc1-c1nnc(-c2ccccc2)o1. The fourth-order valence-corrected chi connectivity index (χ4v) is 3.36. The molecule has 0 N–H and O–H groups in total. The topological polar surface area (TPSA) is 98.8 Å². The third-order valence-electron chi connectivity index (χ3n) is 4.16. The lowest BCUT2D eigenvalue weighted by Gasteiger charge is -2.06. The molecule has 8 heteroatoms. The van der Waals surface area contributed by atoms with Gasteiger partial charge in [0.2, 0.25) is 5.89 Å². The summed E-state index contributed by atoms with van der Waals surface area (Å²) in [4.78, 5) is 9.18. The van der Waals surface area contributed by atoms with E-state index in [4.69, 9.17) is 4.42 Å². The Morgan fingerprint density at radius 1 is 0.893 bits per heavy atom. The molecule has 4 aromatic rings. The summed E-state index contributed by atoms with van der Waals surface area (Å²) in [5.41, 5.74) is 3.05. The number of aromatic nitrogens is 4. The Hall–Kier alpha value is -3.39. The van der Waals surface area contributed by atoms with Crippen molar-refractivity contribution in [2.75, 3.05) is 6.26 Å². The molecule has 0 atom stereocenters. The lowest BCUT2D eigenvalue weighted by Crippen LogP contribution is -1.99. The van der Waals surface area contributed by atoms with E-state index in [-0.39, 0.29) is 10.8 Å². The Balaban J connectivity index is 1.76. The first-order valence-electron chi connectivity index (χ1n) is 8.45. The first kappa shape index (κ1) is 18.0. The molecule has 0 aliphatic carbocycles. The van der Waals surface area contributed by atoms with Gasteiger partial charge in [0, 0.05) is 17.4 Å². The molecular weight excluding hydrogens is 376 g/mol. The molecule has 0 unspecified atom stereocenters. The van der Waals surface area contributed by atoms with Crippen molar-refractivity contribution in [2.45, 2.75) is 11.8 Å². The third-order valence-corrected chi connectivity index (χ3v) is 5.27. The maximum absolute atomic E-state index is 11.8. The Bertz CT molecular complexity index is 1250. The molecule has 0 aliphatic heterocycles. The van der Waals surface area contributed by atoms with E-state index in [1.807, 2.05) is 30.3 Å². The van der Waals surface area contributed by atoms with Crippen LogP contribution >= 0.6 is 0 Å². The number of sulfone groups is 1. The third kappa shape index (κ3) is 3.54. The van der Waals surface area contributed by atoms with E-state index in [0.29, 0.717) is 28.5 Å². The Morgan fingerprint density at radius 2 is 1.61 bits per heavy atom. The summed E-state index contributed by atoms with van der Waals surface area (Å²) < 4.78 is 29.4. The molecule has 140 valence electrons. The number of rotatable bonds is 4. The summed E-state index contributed by atoms with van der Waals surface area (Å²) >= 11 is 0. The fourth-order valence-electron chi connectivity index (χ4n) is 2.69. The maximum Gasteiger partial charge on any atom is 0.268 e. The van der Waals surface area contributed by atoms with Crippen LogP contribution in [0.1, 0.15) is 5.69 Å². The van der Waals surface area contributed by atoms with E-state index < -0.39 is 9.84 Å². The largest absolute Gasteiger partial charge is 0.415 e. The van der Waals surface area contributed by atoms with Gasteiger partial charge in [-0.15, -0.1) is 10.2 Å². The van der Waals surface area contributed by atoms with Gasteiger partial charge in [0.25, 0.3) is 5.89 Å². The lowest BCUT2D eigenvalue weighted by atomic mass is 10.1. The minimum absolute atomic E-state index is 0.220. The van der Waals surface area contributed by atoms with E-state index in [0.717, 1.165) is 5.56 Å². The van der Waals surface area contributed by atoms with E-state index in [9.17, 15) is 8.42 Å². The molecule has 2 heterocycles. The molecule has 0 amide bonds. The molecule has 0 spiro atoms. The molecule has 28 heavy (non-hydrogen) atoms. The van der Waals surface area contributed by atoms with Crippen molar-refractivity contribution in [2.24, 2.45) is 0 Å². The normalized spacial score (nSPS) is 11.5. The van der Waals surface area contributed by atoms with Gasteiger partial charge < -0.3 is 4.42 Å². The van der Waals surface area contributed by atoms with Crippen molar-refractivity contribution in [3.63, 3.8) is 0 Å². The Kier molecular flexibility index (Phi) is 4.48.